The van der Waals surface area contributed by atoms with Crippen LogP contribution < -0.4 is 5.32 Å². The average molecular weight is 414 g/mol. The Morgan fingerprint density at radius 1 is 1.32 bits per heavy atom. The molecule has 2 atom stereocenters. The van der Waals surface area contributed by atoms with E-state index in [1.165, 1.54) is 12.1 Å². The predicted molar refractivity (Wildman–Crippen MR) is 98.0 cm³/mol. The first-order valence-corrected chi connectivity index (χ1v) is 8.86. The van der Waals surface area contributed by atoms with E-state index in [1.54, 1.807) is 4.90 Å². The molecule has 0 aliphatic carbocycles. The lowest BCUT2D eigenvalue weighted by Gasteiger charge is -2.35. The number of hydrogen-bond acceptors (Lipinski definition) is 7. The fourth-order valence-corrected chi connectivity index (χ4v) is 2.90. The molecule has 1 aliphatic rings. The van der Waals surface area contributed by atoms with Crippen molar-refractivity contribution in [2.45, 2.75) is 26.1 Å². The highest BCUT2D eigenvalue weighted by atomic mass is 35.5. The van der Waals surface area contributed by atoms with Crippen molar-refractivity contribution in [1.29, 1.82) is 0 Å². The molecule has 0 bridgehead atoms. The molecule has 0 unspecified atom stereocenters. The van der Waals surface area contributed by atoms with Crippen LogP contribution in [0.5, 0.6) is 0 Å². The first kappa shape index (κ1) is 21.6. The molecule has 1 N–H and O–H groups in total. The summed E-state index contributed by atoms with van der Waals surface area (Å²) < 4.78 is 10.4. The molecule has 11 heteroatoms. The highest BCUT2D eigenvalue weighted by Gasteiger charge is 2.26. The molecular weight excluding hydrogens is 394 g/mol. The lowest BCUT2D eigenvalue weighted by atomic mass is 10.2. The standard InChI is InChI=1S/C17H20ClN3O7/c1-10-7-20(8-11(2)28-10)15(22)9-27-16(23)6-19-17(24)12-3-4-13(18)14(5-12)21(25)26/h3-5,10-11H,6-9H2,1-2H3,(H,19,24)/t10-,11-/m0/s1. The van der Waals surface area contributed by atoms with Crippen molar-refractivity contribution in [3.8, 4) is 0 Å². The molecule has 2 amide bonds. The topological polar surface area (TPSA) is 128 Å². The van der Waals surface area contributed by atoms with Gasteiger partial charge in [0.25, 0.3) is 17.5 Å². The summed E-state index contributed by atoms with van der Waals surface area (Å²) in [6.45, 7) is 3.58. The van der Waals surface area contributed by atoms with E-state index in [0.29, 0.717) is 13.1 Å². The van der Waals surface area contributed by atoms with Crippen LogP contribution in [0.3, 0.4) is 0 Å². The molecule has 0 aromatic heterocycles. The smallest absolute Gasteiger partial charge is 0.325 e. The normalized spacial score (nSPS) is 19.0. The minimum absolute atomic E-state index is 0.0312. The maximum absolute atomic E-state index is 12.1. The van der Waals surface area contributed by atoms with Crippen molar-refractivity contribution >= 4 is 35.1 Å². The zero-order valence-electron chi connectivity index (χ0n) is 15.3. The van der Waals surface area contributed by atoms with Gasteiger partial charge >= 0.3 is 5.97 Å². The number of halogens is 1. The van der Waals surface area contributed by atoms with Gasteiger partial charge in [0.2, 0.25) is 0 Å². The van der Waals surface area contributed by atoms with Crippen LogP contribution in [0.15, 0.2) is 18.2 Å². The summed E-state index contributed by atoms with van der Waals surface area (Å²) in [7, 11) is 0. The maximum Gasteiger partial charge on any atom is 0.325 e. The number of nitrogens with zero attached hydrogens (tertiary/aromatic N) is 2. The Morgan fingerprint density at radius 3 is 2.57 bits per heavy atom. The number of hydrogen-bond donors (Lipinski definition) is 1. The summed E-state index contributed by atoms with van der Waals surface area (Å²) in [6.07, 6.45) is -0.211. The monoisotopic (exact) mass is 413 g/mol. The fraction of sp³-hybridized carbons (Fsp3) is 0.471. The molecule has 0 saturated carbocycles. The van der Waals surface area contributed by atoms with Crippen LogP contribution in [0.1, 0.15) is 24.2 Å². The van der Waals surface area contributed by atoms with Crippen molar-refractivity contribution in [3.63, 3.8) is 0 Å². The van der Waals surface area contributed by atoms with E-state index >= 15 is 0 Å². The molecule has 152 valence electrons. The van der Waals surface area contributed by atoms with Gasteiger partial charge in [0.15, 0.2) is 6.61 Å². The highest BCUT2D eigenvalue weighted by Crippen LogP contribution is 2.24. The number of rotatable bonds is 6. The number of nitrogens with one attached hydrogen (secondary N) is 1. The third-order valence-electron chi connectivity index (χ3n) is 3.93. The summed E-state index contributed by atoms with van der Waals surface area (Å²) in [5.41, 5.74) is -0.451. The number of nitro benzene ring substituents is 1. The molecular formula is C17H20ClN3O7. The Kier molecular flexibility index (Phi) is 7.30. The first-order valence-electron chi connectivity index (χ1n) is 8.48. The molecule has 28 heavy (non-hydrogen) atoms. The third kappa shape index (κ3) is 5.89. The van der Waals surface area contributed by atoms with Gasteiger partial charge in [-0.25, -0.2) is 0 Å². The molecule has 1 aliphatic heterocycles. The summed E-state index contributed by atoms with van der Waals surface area (Å²) in [5.74, 6) is -1.87. The van der Waals surface area contributed by atoms with Gasteiger partial charge in [0.05, 0.1) is 17.1 Å². The number of carbonyl (C=O) groups is 3. The van der Waals surface area contributed by atoms with E-state index in [4.69, 9.17) is 21.1 Å². The molecule has 1 fully saturated rings. The summed E-state index contributed by atoms with van der Waals surface area (Å²) in [6, 6.07) is 3.52. The Morgan fingerprint density at radius 2 is 1.96 bits per heavy atom. The number of carbonyl (C=O) groups excluding carboxylic acids is 3. The van der Waals surface area contributed by atoms with E-state index in [9.17, 15) is 24.5 Å². The quantitative estimate of drug-likeness (QED) is 0.421. The van der Waals surface area contributed by atoms with Crippen LogP contribution >= 0.6 is 11.6 Å². The van der Waals surface area contributed by atoms with E-state index in [2.05, 4.69) is 5.32 Å². The molecule has 2 rings (SSSR count). The summed E-state index contributed by atoms with van der Waals surface area (Å²) in [5, 5.41) is 13.0. The number of benzene rings is 1. The van der Waals surface area contributed by atoms with E-state index in [0.717, 1.165) is 6.07 Å². The Hall–Kier alpha value is -2.72. The third-order valence-corrected chi connectivity index (χ3v) is 4.25. The summed E-state index contributed by atoms with van der Waals surface area (Å²) >= 11 is 5.69. The van der Waals surface area contributed by atoms with Crippen LogP contribution in [0.25, 0.3) is 0 Å². The second-order valence-electron chi connectivity index (χ2n) is 6.32. The Balaban J connectivity index is 1.80. The van der Waals surface area contributed by atoms with E-state index in [1.807, 2.05) is 13.8 Å². The number of esters is 1. The van der Waals surface area contributed by atoms with Gasteiger partial charge in [-0.05, 0) is 26.0 Å². The van der Waals surface area contributed by atoms with Gasteiger partial charge in [0, 0.05) is 24.7 Å². The molecule has 1 aromatic rings. The van der Waals surface area contributed by atoms with Crippen LogP contribution in [-0.4, -0.2) is 66.1 Å². The van der Waals surface area contributed by atoms with Crippen LogP contribution in [0.2, 0.25) is 5.02 Å². The maximum atomic E-state index is 12.1. The van der Waals surface area contributed by atoms with Gasteiger partial charge in [0.1, 0.15) is 11.6 Å². The molecule has 0 radical (unpaired) electrons. The van der Waals surface area contributed by atoms with E-state index in [-0.39, 0.29) is 28.7 Å². The van der Waals surface area contributed by atoms with E-state index < -0.39 is 35.6 Å². The van der Waals surface area contributed by atoms with Crippen molar-refractivity contribution in [3.05, 3.63) is 38.9 Å². The SMILES string of the molecule is C[C@H]1CN(C(=O)COC(=O)CNC(=O)c2ccc(Cl)c([N+](=O)[O-])c2)C[C@H](C)O1. The number of nitro groups is 1. The lowest BCUT2D eigenvalue weighted by molar-refractivity contribution is -0.384. The van der Waals surface area contributed by atoms with Gasteiger partial charge in [-0.3, -0.25) is 24.5 Å². The van der Waals surface area contributed by atoms with Crippen molar-refractivity contribution in [2.24, 2.45) is 0 Å². The zero-order valence-corrected chi connectivity index (χ0v) is 16.1. The molecule has 1 saturated heterocycles. The molecule has 10 nitrogen and oxygen atoms in total. The van der Waals surface area contributed by atoms with Crippen LogP contribution in [0, 0.1) is 10.1 Å². The highest BCUT2D eigenvalue weighted by molar-refractivity contribution is 6.32. The second kappa shape index (κ2) is 9.47. The molecule has 1 aromatic carbocycles. The Labute approximate surface area is 165 Å². The van der Waals surface area contributed by atoms with Crippen LogP contribution in [-0.2, 0) is 19.1 Å². The number of amides is 2. The Bertz CT molecular complexity index is 776. The molecule has 1 heterocycles. The number of morpholine rings is 1. The number of ether oxygens (including phenoxy) is 2. The molecule has 0 spiro atoms. The van der Waals surface area contributed by atoms with Crippen LogP contribution in [0.4, 0.5) is 5.69 Å². The fourth-order valence-electron chi connectivity index (χ4n) is 2.71. The van der Waals surface area contributed by atoms with Crippen molar-refractivity contribution < 1.29 is 28.8 Å². The summed E-state index contributed by atoms with van der Waals surface area (Å²) in [4.78, 5) is 47.6. The second-order valence-corrected chi connectivity index (χ2v) is 6.73. The average Bonchev–Trinajstić information content (AvgIpc) is 2.63. The zero-order chi connectivity index (χ0) is 20.8. The minimum atomic E-state index is -0.806. The first-order chi connectivity index (χ1) is 13.2. The predicted octanol–water partition coefficient (Wildman–Crippen LogP) is 1.16. The lowest BCUT2D eigenvalue weighted by Crippen LogP contribution is -2.49. The largest absolute Gasteiger partial charge is 0.454 e. The van der Waals surface area contributed by atoms with Crippen molar-refractivity contribution in [2.75, 3.05) is 26.2 Å². The minimum Gasteiger partial charge on any atom is -0.454 e. The van der Waals surface area contributed by atoms with Gasteiger partial charge in [-0.1, -0.05) is 11.6 Å². The van der Waals surface area contributed by atoms with Gasteiger partial charge < -0.3 is 19.7 Å². The van der Waals surface area contributed by atoms with Gasteiger partial charge in [-0.15, -0.1) is 0 Å². The van der Waals surface area contributed by atoms with Gasteiger partial charge in [-0.2, -0.15) is 0 Å². The van der Waals surface area contributed by atoms with Crippen molar-refractivity contribution in [1.82, 2.24) is 10.2 Å².